The second kappa shape index (κ2) is 9.14. The molecule has 0 fully saturated rings. The van der Waals surface area contributed by atoms with E-state index in [-0.39, 0.29) is 18.3 Å². The normalized spacial score (nSPS) is 11.8. The van der Waals surface area contributed by atoms with E-state index in [4.69, 9.17) is 10.6 Å². The fourth-order valence-corrected chi connectivity index (χ4v) is 3.09. The van der Waals surface area contributed by atoms with E-state index in [1.807, 2.05) is 49.6 Å². The molecular weight excluding hydrogens is 340 g/mol. The van der Waals surface area contributed by atoms with Gasteiger partial charge < -0.3 is 10.1 Å². The highest BCUT2D eigenvalue weighted by Crippen LogP contribution is 2.25. The van der Waals surface area contributed by atoms with E-state index in [1.54, 1.807) is 5.38 Å². The summed E-state index contributed by atoms with van der Waals surface area (Å²) in [7, 11) is 0. The summed E-state index contributed by atoms with van der Waals surface area (Å²) in [6.45, 7) is 4.29. The van der Waals surface area contributed by atoms with Crippen LogP contribution in [0.3, 0.4) is 0 Å². The Bertz CT molecular complexity index is 703. The van der Waals surface area contributed by atoms with E-state index in [0.717, 1.165) is 5.56 Å². The van der Waals surface area contributed by atoms with Gasteiger partial charge >= 0.3 is 6.09 Å². The molecule has 0 unspecified atom stereocenters. The van der Waals surface area contributed by atoms with Gasteiger partial charge in [0.15, 0.2) is 0 Å². The van der Waals surface area contributed by atoms with Crippen molar-refractivity contribution in [2.45, 2.75) is 32.9 Å². The molecule has 1 atom stereocenters. The van der Waals surface area contributed by atoms with Crippen molar-refractivity contribution in [3.8, 4) is 0 Å². The average molecular weight is 362 g/mol. The summed E-state index contributed by atoms with van der Waals surface area (Å²) in [4.78, 5) is 27.9. The van der Waals surface area contributed by atoms with Crippen LogP contribution < -0.4 is 16.6 Å². The molecule has 0 radical (unpaired) electrons. The monoisotopic (exact) mass is 362 g/mol. The van der Waals surface area contributed by atoms with Gasteiger partial charge in [-0.2, -0.15) is 0 Å². The lowest BCUT2D eigenvalue weighted by Gasteiger charge is -2.18. The number of nitrogens with two attached hydrogens (primary N) is 1. The molecule has 8 heteroatoms. The zero-order valence-corrected chi connectivity index (χ0v) is 15.0. The van der Waals surface area contributed by atoms with E-state index >= 15 is 0 Å². The fourth-order valence-electron chi connectivity index (χ4n) is 2.23. The molecule has 0 saturated carbocycles. The van der Waals surface area contributed by atoms with Gasteiger partial charge in [-0.1, -0.05) is 44.2 Å². The van der Waals surface area contributed by atoms with Crippen LogP contribution in [-0.2, 0) is 11.3 Å². The quantitative estimate of drug-likeness (QED) is 0.399. The number of nitrogens with one attached hydrogen (secondary N) is 2. The predicted octanol–water partition coefficient (Wildman–Crippen LogP) is 2.76. The number of nitrogens with zero attached hydrogens (tertiary/aromatic N) is 1. The summed E-state index contributed by atoms with van der Waals surface area (Å²) in [5.41, 5.74) is 3.19. The number of amides is 2. The van der Waals surface area contributed by atoms with Crippen molar-refractivity contribution in [1.29, 1.82) is 0 Å². The number of rotatable bonds is 7. The van der Waals surface area contributed by atoms with Crippen LogP contribution in [0.25, 0.3) is 0 Å². The first-order valence-corrected chi connectivity index (χ1v) is 8.81. The van der Waals surface area contributed by atoms with E-state index in [2.05, 4.69) is 10.3 Å². The molecule has 25 heavy (non-hydrogen) atoms. The van der Waals surface area contributed by atoms with Crippen LogP contribution in [0.5, 0.6) is 0 Å². The van der Waals surface area contributed by atoms with Crippen molar-refractivity contribution in [3.63, 3.8) is 0 Å². The van der Waals surface area contributed by atoms with Crippen LogP contribution >= 0.6 is 11.3 Å². The summed E-state index contributed by atoms with van der Waals surface area (Å²) < 4.78 is 5.26. The van der Waals surface area contributed by atoms with E-state index in [9.17, 15) is 9.59 Å². The molecule has 0 aliphatic rings. The molecule has 1 heterocycles. The lowest BCUT2D eigenvalue weighted by Crippen LogP contribution is -2.31. The summed E-state index contributed by atoms with van der Waals surface area (Å²) in [6.07, 6.45) is 0.159. The Balaban J connectivity index is 2.00. The molecule has 0 aliphatic heterocycles. The fraction of sp³-hybridized carbons (Fsp3) is 0.353. The third-order valence-corrected chi connectivity index (χ3v) is 4.35. The SMILES string of the molecule is CC(C)C[C@H](NC(=O)OCc1ccccc1)c1nc(C(=O)NN)cs1. The van der Waals surface area contributed by atoms with Crippen LogP contribution in [0.4, 0.5) is 4.79 Å². The van der Waals surface area contributed by atoms with Gasteiger partial charge in [-0.25, -0.2) is 15.6 Å². The molecule has 0 saturated heterocycles. The van der Waals surface area contributed by atoms with Crippen molar-refractivity contribution < 1.29 is 14.3 Å². The first kappa shape index (κ1) is 18.9. The molecule has 1 aromatic carbocycles. The molecule has 2 aromatic rings. The minimum Gasteiger partial charge on any atom is -0.445 e. The topological polar surface area (TPSA) is 106 Å². The number of aromatic nitrogens is 1. The Kier molecular flexibility index (Phi) is 6.91. The average Bonchev–Trinajstić information content (AvgIpc) is 3.09. The minimum absolute atomic E-state index is 0.194. The summed E-state index contributed by atoms with van der Waals surface area (Å²) in [5.74, 6) is 4.99. The zero-order valence-electron chi connectivity index (χ0n) is 14.2. The Morgan fingerprint density at radius 3 is 2.64 bits per heavy atom. The summed E-state index contributed by atoms with van der Waals surface area (Å²) >= 11 is 1.30. The number of carbonyl (C=O) groups excluding carboxylic acids is 2. The molecule has 4 N–H and O–H groups in total. The number of nitrogen functional groups attached to an aromatic ring is 1. The van der Waals surface area contributed by atoms with Crippen molar-refractivity contribution in [2.75, 3.05) is 0 Å². The van der Waals surface area contributed by atoms with Gasteiger partial charge in [-0.15, -0.1) is 11.3 Å². The summed E-state index contributed by atoms with van der Waals surface area (Å²) in [6, 6.07) is 9.12. The number of hydrogen-bond donors (Lipinski definition) is 3. The largest absolute Gasteiger partial charge is 0.445 e. The van der Waals surface area contributed by atoms with Crippen LogP contribution in [0, 0.1) is 5.92 Å². The van der Waals surface area contributed by atoms with Crippen LogP contribution in [0.2, 0.25) is 0 Å². The Morgan fingerprint density at radius 1 is 1.28 bits per heavy atom. The maximum Gasteiger partial charge on any atom is 0.408 e. The van der Waals surface area contributed by atoms with Crippen LogP contribution in [-0.4, -0.2) is 17.0 Å². The predicted molar refractivity (Wildman–Crippen MR) is 95.7 cm³/mol. The Labute approximate surface area is 150 Å². The standard InChI is InChI=1S/C17H22N4O3S/c1-11(2)8-13(16-19-14(10-25-16)15(22)21-18)20-17(23)24-9-12-6-4-3-5-7-12/h3-7,10-11,13H,8-9,18H2,1-2H3,(H,20,23)(H,21,22)/t13-/m0/s1. The second-order valence-corrected chi connectivity index (χ2v) is 6.82. The minimum atomic E-state index is -0.519. The molecule has 0 bridgehead atoms. The molecular formula is C17H22N4O3S. The molecule has 0 aliphatic carbocycles. The Morgan fingerprint density at radius 2 is 2.00 bits per heavy atom. The van der Waals surface area contributed by atoms with Gasteiger partial charge in [0.1, 0.15) is 17.3 Å². The molecule has 0 spiro atoms. The first-order chi connectivity index (χ1) is 12.0. The zero-order chi connectivity index (χ0) is 18.2. The van der Waals surface area contributed by atoms with Crippen molar-refractivity contribution in [3.05, 3.63) is 52.0 Å². The maximum atomic E-state index is 12.1. The maximum absolute atomic E-state index is 12.1. The Hall–Kier alpha value is -2.45. The highest BCUT2D eigenvalue weighted by atomic mass is 32.1. The number of ether oxygens (including phenoxy) is 1. The third kappa shape index (κ3) is 5.84. The van der Waals surface area contributed by atoms with Crippen LogP contribution in [0.15, 0.2) is 35.7 Å². The van der Waals surface area contributed by atoms with Crippen molar-refractivity contribution in [1.82, 2.24) is 15.7 Å². The highest BCUT2D eigenvalue weighted by molar-refractivity contribution is 7.09. The van der Waals surface area contributed by atoms with Gasteiger partial charge in [0.2, 0.25) is 0 Å². The first-order valence-electron chi connectivity index (χ1n) is 7.93. The van der Waals surface area contributed by atoms with E-state index in [1.165, 1.54) is 11.3 Å². The number of benzene rings is 1. The van der Waals surface area contributed by atoms with Gasteiger partial charge in [0.05, 0.1) is 6.04 Å². The molecule has 2 amide bonds. The number of carbonyl (C=O) groups is 2. The van der Waals surface area contributed by atoms with Gasteiger partial charge in [-0.3, -0.25) is 10.2 Å². The van der Waals surface area contributed by atoms with Crippen molar-refractivity contribution >= 4 is 23.3 Å². The van der Waals surface area contributed by atoms with Crippen molar-refractivity contribution in [2.24, 2.45) is 11.8 Å². The van der Waals surface area contributed by atoms with Gasteiger partial charge in [0, 0.05) is 5.38 Å². The lowest BCUT2D eigenvalue weighted by atomic mass is 10.0. The lowest BCUT2D eigenvalue weighted by molar-refractivity contribution is 0.0949. The number of alkyl carbamates (subject to hydrolysis) is 1. The molecule has 134 valence electrons. The second-order valence-electron chi connectivity index (χ2n) is 5.93. The van der Waals surface area contributed by atoms with Gasteiger partial charge in [0.25, 0.3) is 5.91 Å². The molecule has 2 rings (SSSR count). The third-order valence-electron chi connectivity index (χ3n) is 3.40. The number of thiazole rings is 1. The van der Waals surface area contributed by atoms with Gasteiger partial charge in [-0.05, 0) is 17.9 Å². The molecule has 7 nitrogen and oxygen atoms in total. The number of hydrogen-bond acceptors (Lipinski definition) is 6. The molecule has 1 aromatic heterocycles. The summed E-state index contributed by atoms with van der Waals surface area (Å²) in [5, 5.41) is 5.08. The number of hydrazine groups is 1. The van der Waals surface area contributed by atoms with E-state index < -0.39 is 12.0 Å². The highest BCUT2D eigenvalue weighted by Gasteiger charge is 2.21. The van der Waals surface area contributed by atoms with E-state index in [0.29, 0.717) is 17.3 Å². The van der Waals surface area contributed by atoms with Crippen LogP contribution in [0.1, 0.15) is 47.4 Å². The smallest absolute Gasteiger partial charge is 0.408 e.